The van der Waals surface area contributed by atoms with Gasteiger partial charge in [0, 0.05) is 25.7 Å². The average molecular weight is 319 g/mol. The van der Waals surface area contributed by atoms with E-state index in [1.807, 2.05) is 19.2 Å². The molecule has 0 aliphatic carbocycles. The van der Waals surface area contributed by atoms with Crippen LogP contribution in [0, 0.1) is 0 Å². The minimum atomic E-state index is -0.641. The molecule has 0 aromatic heterocycles. The fraction of sp³-hybridized carbons (Fsp3) is 0.571. The summed E-state index contributed by atoms with van der Waals surface area (Å²) in [5.74, 6) is 0. The number of nitrogens with zero attached hydrogens (tertiary/aromatic N) is 1. The van der Waals surface area contributed by atoms with Gasteiger partial charge in [0.1, 0.15) is 0 Å². The van der Waals surface area contributed by atoms with Crippen LogP contribution >= 0.6 is 23.2 Å². The van der Waals surface area contributed by atoms with Gasteiger partial charge in [-0.1, -0.05) is 35.3 Å². The first kappa shape index (κ1) is 16.0. The molecular weight excluding hydrogens is 299 g/mol. The van der Waals surface area contributed by atoms with Gasteiger partial charge in [-0.25, -0.2) is 0 Å². The molecule has 2 rings (SSSR count). The highest BCUT2D eigenvalue weighted by atomic mass is 35.5. The molecule has 3 atom stereocenters. The number of rotatable bonds is 5. The van der Waals surface area contributed by atoms with Crippen LogP contribution in [0.3, 0.4) is 0 Å². The number of aliphatic hydroxyl groups is 2. The lowest BCUT2D eigenvalue weighted by molar-refractivity contribution is 0.0572. The minimum Gasteiger partial charge on any atom is -0.389 e. The first-order valence-electron chi connectivity index (χ1n) is 6.72. The largest absolute Gasteiger partial charge is 0.389 e. The van der Waals surface area contributed by atoms with E-state index in [9.17, 15) is 10.2 Å². The normalized spacial score (nSPS) is 25.1. The predicted octanol–water partition coefficient (Wildman–Crippen LogP) is 1.68. The maximum absolute atomic E-state index is 9.54. The second kappa shape index (κ2) is 7.07. The van der Waals surface area contributed by atoms with Crippen molar-refractivity contribution in [3.05, 3.63) is 33.8 Å². The summed E-state index contributed by atoms with van der Waals surface area (Å²) in [6.07, 6.45) is -0.452. The third kappa shape index (κ3) is 3.64. The molecule has 6 heteroatoms. The number of hydrogen-bond donors (Lipinski definition) is 3. The lowest BCUT2D eigenvalue weighted by Gasteiger charge is -2.22. The van der Waals surface area contributed by atoms with Crippen molar-refractivity contribution in [3.63, 3.8) is 0 Å². The van der Waals surface area contributed by atoms with Crippen molar-refractivity contribution in [1.82, 2.24) is 10.2 Å². The van der Waals surface area contributed by atoms with Gasteiger partial charge in [-0.3, -0.25) is 4.90 Å². The summed E-state index contributed by atoms with van der Waals surface area (Å²) in [5.41, 5.74) is 0.974. The van der Waals surface area contributed by atoms with Crippen LogP contribution in [0.2, 0.25) is 10.0 Å². The van der Waals surface area contributed by atoms with Crippen LogP contribution in [0.25, 0.3) is 0 Å². The Kier molecular flexibility index (Phi) is 5.66. The van der Waals surface area contributed by atoms with E-state index < -0.39 is 12.2 Å². The first-order valence-corrected chi connectivity index (χ1v) is 7.48. The zero-order valence-corrected chi connectivity index (χ0v) is 12.9. The van der Waals surface area contributed by atoms with Crippen LogP contribution in [0.4, 0.5) is 0 Å². The zero-order chi connectivity index (χ0) is 14.7. The monoisotopic (exact) mass is 318 g/mol. The molecule has 1 aliphatic rings. The lowest BCUT2D eigenvalue weighted by Crippen LogP contribution is -2.27. The van der Waals surface area contributed by atoms with Crippen molar-refractivity contribution in [3.8, 4) is 0 Å². The number of likely N-dealkylation sites (tertiary alicyclic amines) is 1. The van der Waals surface area contributed by atoms with E-state index in [1.54, 1.807) is 6.07 Å². The molecule has 112 valence electrons. The molecule has 1 aromatic carbocycles. The lowest BCUT2D eigenvalue weighted by atomic mass is 10.0. The highest BCUT2D eigenvalue weighted by Crippen LogP contribution is 2.31. The van der Waals surface area contributed by atoms with E-state index in [4.69, 9.17) is 23.2 Å². The van der Waals surface area contributed by atoms with E-state index in [1.165, 1.54) is 0 Å². The molecule has 0 saturated carbocycles. The Bertz CT molecular complexity index is 449. The molecule has 1 aromatic rings. The smallest absolute Gasteiger partial charge is 0.0938 e. The zero-order valence-electron chi connectivity index (χ0n) is 11.4. The van der Waals surface area contributed by atoms with Crippen LogP contribution in [-0.2, 0) is 0 Å². The summed E-state index contributed by atoms with van der Waals surface area (Å²) < 4.78 is 0. The number of aliphatic hydroxyl groups excluding tert-OH is 2. The van der Waals surface area contributed by atoms with Crippen molar-refractivity contribution >= 4 is 23.2 Å². The van der Waals surface area contributed by atoms with E-state index in [-0.39, 0.29) is 6.04 Å². The summed E-state index contributed by atoms with van der Waals surface area (Å²) >= 11 is 12.3. The molecule has 0 amide bonds. The minimum absolute atomic E-state index is 0.0936. The number of hydrogen-bond acceptors (Lipinski definition) is 4. The summed E-state index contributed by atoms with van der Waals surface area (Å²) in [6.45, 7) is 1.81. The molecule has 1 heterocycles. The van der Waals surface area contributed by atoms with Crippen LogP contribution < -0.4 is 5.32 Å². The van der Waals surface area contributed by atoms with Gasteiger partial charge in [0.25, 0.3) is 0 Å². The van der Waals surface area contributed by atoms with Gasteiger partial charge < -0.3 is 15.5 Å². The van der Waals surface area contributed by atoms with Crippen molar-refractivity contribution < 1.29 is 10.2 Å². The number of nitrogens with one attached hydrogen (secondary N) is 1. The van der Waals surface area contributed by atoms with Gasteiger partial charge in [-0.05, 0) is 25.1 Å². The topological polar surface area (TPSA) is 55.7 Å². The van der Waals surface area contributed by atoms with Crippen LogP contribution in [0.1, 0.15) is 18.0 Å². The highest BCUT2D eigenvalue weighted by molar-refractivity contribution is 6.42. The van der Waals surface area contributed by atoms with Gasteiger partial charge in [-0.15, -0.1) is 0 Å². The maximum Gasteiger partial charge on any atom is 0.0938 e. The fourth-order valence-corrected chi connectivity index (χ4v) is 3.03. The molecule has 20 heavy (non-hydrogen) atoms. The summed E-state index contributed by atoms with van der Waals surface area (Å²) in [5, 5.41) is 23.5. The van der Waals surface area contributed by atoms with Gasteiger partial charge >= 0.3 is 0 Å². The van der Waals surface area contributed by atoms with Crippen molar-refractivity contribution in [1.29, 1.82) is 0 Å². The van der Waals surface area contributed by atoms with Gasteiger partial charge in [-0.2, -0.15) is 0 Å². The van der Waals surface area contributed by atoms with E-state index >= 15 is 0 Å². The van der Waals surface area contributed by atoms with Gasteiger partial charge in [0.2, 0.25) is 0 Å². The number of benzene rings is 1. The van der Waals surface area contributed by atoms with Crippen molar-refractivity contribution in [2.24, 2.45) is 0 Å². The van der Waals surface area contributed by atoms with Crippen LogP contribution in [-0.4, -0.2) is 54.0 Å². The Morgan fingerprint density at radius 3 is 2.55 bits per heavy atom. The molecule has 0 spiro atoms. The SMILES string of the molecule is CNC(CCN1CC(O)C(O)C1)c1cccc(Cl)c1Cl. The Morgan fingerprint density at radius 2 is 1.95 bits per heavy atom. The third-order valence-corrected chi connectivity index (χ3v) is 4.61. The molecule has 4 nitrogen and oxygen atoms in total. The Morgan fingerprint density at radius 1 is 1.30 bits per heavy atom. The molecule has 3 unspecified atom stereocenters. The molecule has 1 aliphatic heterocycles. The van der Waals surface area contributed by atoms with Gasteiger partial charge in [0.15, 0.2) is 0 Å². The second-order valence-electron chi connectivity index (χ2n) is 5.17. The van der Waals surface area contributed by atoms with Crippen LogP contribution in [0.15, 0.2) is 18.2 Å². The molecule has 3 N–H and O–H groups in total. The maximum atomic E-state index is 9.54. The summed E-state index contributed by atoms with van der Waals surface area (Å²) in [6, 6.07) is 5.71. The molecule has 1 saturated heterocycles. The van der Waals surface area contributed by atoms with Crippen molar-refractivity contribution in [2.75, 3.05) is 26.7 Å². The Labute approximate surface area is 129 Å². The second-order valence-corrected chi connectivity index (χ2v) is 5.95. The summed E-state index contributed by atoms with van der Waals surface area (Å²) in [7, 11) is 1.88. The van der Waals surface area contributed by atoms with E-state index in [2.05, 4.69) is 10.2 Å². The van der Waals surface area contributed by atoms with Gasteiger partial charge in [0.05, 0.1) is 22.3 Å². The van der Waals surface area contributed by atoms with E-state index in [0.29, 0.717) is 23.1 Å². The predicted molar refractivity (Wildman–Crippen MR) is 81.3 cm³/mol. The molecule has 1 fully saturated rings. The third-order valence-electron chi connectivity index (χ3n) is 3.77. The first-order chi connectivity index (χ1) is 9.52. The quantitative estimate of drug-likeness (QED) is 0.773. The standard InChI is InChI=1S/C14H20Cl2N2O2/c1-17-11(9-3-2-4-10(15)14(9)16)5-6-18-7-12(19)13(20)8-18/h2-4,11-13,17,19-20H,5-8H2,1H3. The molecule has 0 radical (unpaired) electrons. The fourth-order valence-electron chi connectivity index (χ4n) is 2.59. The highest BCUT2D eigenvalue weighted by Gasteiger charge is 2.29. The van der Waals surface area contributed by atoms with Crippen molar-refractivity contribution in [2.45, 2.75) is 24.7 Å². The Hall–Kier alpha value is -0.360. The Balaban J connectivity index is 1.98. The summed E-state index contributed by atoms with van der Waals surface area (Å²) in [4.78, 5) is 2.05. The number of β-amino-alcohol motifs (C(OH)–C–C–N with tert-alkyl or cyclic N) is 2. The average Bonchev–Trinajstić information content (AvgIpc) is 2.74. The molecular formula is C14H20Cl2N2O2. The number of halogens is 2. The van der Waals surface area contributed by atoms with Crippen LogP contribution in [0.5, 0.6) is 0 Å². The van der Waals surface area contributed by atoms with E-state index in [0.717, 1.165) is 18.5 Å². The molecule has 0 bridgehead atoms.